The fraction of sp³-hybridized carbons (Fsp3) is 0.833. The third-order valence-electron chi connectivity index (χ3n) is 3.13. The van der Waals surface area contributed by atoms with Gasteiger partial charge in [-0.3, -0.25) is 4.79 Å². The summed E-state index contributed by atoms with van der Waals surface area (Å²) in [5.41, 5.74) is 0. The van der Waals surface area contributed by atoms with Crippen LogP contribution in [-0.2, 0) is 4.79 Å². The molecule has 1 aliphatic carbocycles. The number of nitrogens with zero attached hydrogens (tertiary/aromatic N) is 1. The molecule has 0 aromatic carbocycles. The lowest BCUT2D eigenvalue weighted by atomic mass is 9.82. The van der Waals surface area contributed by atoms with Crippen molar-refractivity contribution < 1.29 is 4.79 Å². The van der Waals surface area contributed by atoms with Crippen LogP contribution in [0, 0.1) is 23.2 Å². The number of carbonyl (C=O) groups excluding carboxylic acids is 1. The molecule has 0 aliphatic heterocycles. The van der Waals surface area contributed by atoms with Gasteiger partial charge in [-0.1, -0.05) is 19.8 Å². The Balaban J connectivity index is 2.06. The summed E-state index contributed by atoms with van der Waals surface area (Å²) in [4.78, 5) is 11.2. The molecule has 2 N–H and O–H groups in total. The first-order valence-corrected chi connectivity index (χ1v) is 6.06. The second kappa shape index (κ2) is 7.24. The van der Waals surface area contributed by atoms with E-state index in [0.29, 0.717) is 12.5 Å². The summed E-state index contributed by atoms with van der Waals surface area (Å²) in [5.74, 6) is 1.45. The fourth-order valence-corrected chi connectivity index (χ4v) is 2.34. The van der Waals surface area contributed by atoms with Crippen molar-refractivity contribution in [1.29, 1.82) is 5.26 Å². The molecule has 1 saturated carbocycles. The first kappa shape index (κ1) is 13.0. The van der Waals surface area contributed by atoms with Gasteiger partial charge in [0, 0.05) is 0 Å². The standard InChI is InChI=1S/C12H21N3O/c1-10-3-2-4-11(7-10)8-14-9-12(16)15-6-5-13/h10-11,14H,2-4,6-9H2,1H3,(H,15,16). The van der Waals surface area contributed by atoms with Crippen LogP contribution >= 0.6 is 0 Å². The molecule has 0 bridgehead atoms. The molecule has 0 saturated heterocycles. The highest BCUT2D eigenvalue weighted by Crippen LogP contribution is 2.27. The molecule has 1 amide bonds. The van der Waals surface area contributed by atoms with Gasteiger partial charge in [0.1, 0.15) is 6.54 Å². The van der Waals surface area contributed by atoms with Crippen molar-refractivity contribution >= 4 is 5.91 Å². The molecule has 0 spiro atoms. The lowest BCUT2D eigenvalue weighted by molar-refractivity contribution is -0.120. The molecule has 0 radical (unpaired) electrons. The third kappa shape index (κ3) is 5.13. The van der Waals surface area contributed by atoms with E-state index < -0.39 is 0 Å². The monoisotopic (exact) mass is 223 g/mol. The Labute approximate surface area is 97.4 Å². The summed E-state index contributed by atoms with van der Waals surface area (Å²) >= 11 is 0. The topological polar surface area (TPSA) is 64.9 Å². The quantitative estimate of drug-likeness (QED) is 0.684. The van der Waals surface area contributed by atoms with E-state index in [0.717, 1.165) is 12.5 Å². The SMILES string of the molecule is CC1CCCC(CNCC(=O)NCC#N)C1. The van der Waals surface area contributed by atoms with Crippen LogP contribution in [0.3, 0.4) is 0 Å². The number of rotatable bonds is 5. The first-order valence-electron chi connectivity index (χ1n) is 6.06. The van der Waals surface area contributed by atoms with Crippen molar-refractivity contribution in [3.05, 3.63) is 0 Å². The number of hydrogen-bond acceptors (Lipinski definition) is 3. The maximum absolute atomic E-state index is 11.2. The Bertz CT molecular complexity index is 259. The van der Waals surface area contributed by atoms with Crippen LogP contribution in [0.4, 0.5) is 0 Å². The van der Waals surface area contributed by atoms with Crippen molar-refractivity contribution in [3.63, 3.8) is 0 Å². The molecule has 1 aliphatic rings. The van der Waals surface area contributed by atoms with Crippen molar-refractivity contribution in [1.82, 2.24) is 10.6 Å². The molecule has 4 nitrogen and oxygen atoms in total. The van der Waals surface area contributed by atoms with E-state index in [1.165, 1.54) is 25.7 Å². The molecule has 1 rings (SSSR count). The smallest absolute Gasteiger partial charge is 0.234 e. The van der Waals surface area contributed by atoms with Gasteiger partial charge in [-0.15, -0.1) is 0 Å². The normalized spacial score (nSPS) is 24.8. The van der Waals surface area contributed by atoms with E-state index in [1.807, 2.05) is 6.07 Å². The van der Waals surface area contributed by atoms with Crippen molar-refractivity contribution in [2.75, 3.05) is 19.6 Å². The van der Waals surface area contributed by atoms with E-state index in [-0.39, 0.29) is 12.5 Å². The second-order valence-electron chi connectivity index (χ2n) is 4.70. The fourth-order valence-electron chi connectivity index (χ4n) is 2.34. The number of hydrogen-bond donors (Lipinski definition) is 2. The Morgan fingerprint density at radius 1 is 1.50 bits per heavy atom. The van der Waals surface area contributed by atoms with E-state index in [1.54, 1.807) is 0 Å². The summed E-state index contributed by atoms with van der Waals surface area (Å²) in [7, 11) is 0. The number of amides is 1. The van der Waals surface area contributed by atoms with Gasteiger partial charge in [0.15, 0.2) is 0 Å². The largest absolute Gasteiger partial charge is 0.342 e. The number of nitrogens with one attached hydrogen (secondary N) is 2. The molecule has 90 valence electrons. The van der Waals surface area contributed by atoms with Gasteiger partial charge in [0.05, 0.1) is 12.6 Å². The van der Waals surface area contributed by atoms with Crippen molar-refractivity contribution in [2.24, 2.45) is 11.8 Å². The maximum Gasteiger partial charge on any atom is 0.234 e. The highest BCUT2D eigenvalue weighted by molar-refractivity contribution is 5.78. The first-order chi connectivity index (χ1) is 7.72. The van der Waals surface area contributed by atoms with E-state index in [4.69, 9.17) is 5.26 Å². The number of carbonyl (C=O) groups is 1. The molecule has 0 aromatic rings. The van der Waals surface area contributed by atoms with Gasteiger partial charge in [-0.2, -0.15) is 5.26 Å². The zero-order chi connectivity index (χ0) is 11.8. The molecule has 2 unspecified atom stereocenters. The van der Waals surface area contributed by atoms with Crippen LogP contribution in [0.25, 0.3) is 0 Å². The van der Waals surface area contributed by atoms with Crippen LogP contribution in [0.2, 0.25) is 0 Å². The Kier molecular flexibility index (Phi) is 5.87. The minimum absolute atomic E-state index is 0.0922. The molecular formula is C12H21N3O. The summed E-state index contributed by atoms with van der Waals surface area (Å²) in [5, 5.41) is 14.0. The van der Waals surface area contributed by atoms with Gasteiger partial charge in [0.25, 0.3) is 0 Å². The lowest BCUT2D eigenvalue weighted by Gasteiger charge is -2.26. The van der Waals surface area contributed by atoms with Gasteiger partial charge in [0.2, 0.25) is 5.91 Å². The average Bonchev–Trinajstić information content (AvgIpc) is 2.26. The zero-order valence-electron chi connectivity index (χ0n) is 9.96. The molecule has 2 atom stereocenters. The summed E-state index contributed by atoms with van der Waals surface area (Å²) in [6, 6.07) is 1.88. The average molecular weight is 223 g/mol. The summed E-state index contributed by atoms with van der Waals surface area (Å²) in [6.45, 7) is 3.64. The predicted molar refractivity (Wildman–Crippen MR) is 62.6 cm³/mol. The Morgan fingerprint density at radius 3 is 3.00 bits per heavy atom. The third-order valence-corrected chi connectivity index (χ3v) is 3.13. The van der Waals surface area contributed by atoms with E-state index >= 15 is 0 Å². The van der Waals surface area contributed by atoms with E-state index in [9.17, 15) is 4.79 Å². The summed E-state index contributed by atoms with van der Waals surface area (Å²) < 4.78 is 0. The van der Waals surface area contributed by atoms with Crippen LogP contribution in [-0.4, -0.2) is 25.5 Å². The molecular weight excluding hydrogens is 202 g/mol. The van der Waals surface area contributed by atoms with Crippen LogP contribution in [0.1, 0.15) is 32.6 Å². The minimum Gasteiger partial charge on any atom is -0.342 e. The highest BCUT2D eigenvalue weighted by atomic mass is 16.1. The van der Waals surface area contributed by atoms with Gasteiger partial charge < -0.3 is 10.6 Å². The van der Waals surface area contributed by atoms with Gasteiger partial charge in [-0.25, -0.2) is 0 Å². The van der Waals surface area contributed by atoms with E-state index in [2.05, 4.69) is 17.6 Å². The van der Waals surface area contributed by atoms with Crippen molar-refractivity contribution in [2.45, 2.75) is 32.6 Å². The zero-order valence-corrected chi connectivity index (χ0v) is 9.96. The molecule has 1 fully saturated rings. The van der Waals surface area contributed by atoms with Crippen LogP contribution < -0.4 is 10.6 Å². The molecule has 4 heteroatoms. The summed E-state index contributed by atoms with van der Waals surface area (Å²) in [6.07, 6.45) is 5.21. The highest BCUT2D eigenvalue weighted by Gasteiger charge is 2.18. The Morgan fingerprint density at radius 2 is 2.31 bits per heavy atom. The number of nitriles is 1. The Hall–Kier alpha value is -1.08. The van der Waals surface area contributed by atoms with Crippen molar-refractivity contribution in [3.8, 4) is 6.07 Å². The molecule has 16 heavy (non-hydrogen) atoms. The maximum atomic E-state index is 11.2. The molecule has 0 aromatic heterocycles. The van der Waals surface area contributed by atoms with Gasteiger partial charge in [-0.05, 0) is 31.2 Å². The van der Waals surface area contributed by atoms with Crippen LogP contribution in [0.5, 0.6) is 0 Å². The van der Waals surface area contributed by atoms with Gasteiger partial charge >= 0.3 is 0 Å². The molecule has 0 heterocycles. The minimum atomic E-state index is -0.0922. The van der Waals surface area contributed by atoms with Crippen LogP contribution in [0.15, 0.2) is 0 Å². The lowest BCUT2D eigenvalue weighted by Crippen LogP contribution is -2.36. The predicted octanol–water partition coefficient (Wildman–Crippen LogP) is 1.04. The second-order valence-corrected chi connectivity index (χ2v) is 4.70.